The number of methoxy groups -OCH3 is 1. The van der Waals surface area contributed by atoms with Gasteiger partial charge in [0.15, 0.2) is 5.16 Å². The smallest absolute Gasteiger partial charge is 0.268 e. The van der Waals surface area contributed by atoms with Crippen LogP contribution in [0, 0.1) is 0 Å². The highest BCUT2D eigenvalue weighted by Gasteiger charge is 2.26. The van der Waals surface area contributed by atoms with E-state index in [1.807, 2.05) is 18.2 Å². The number of halogens is 1. The topological polar surface area (TPSA) is 73.2 Å². The molecule has 3 rings (SSSR count). The second kappa shape index (κ2) is 9.82. The van der Waals surface area contributed by atoms with Crippen molar-refractivity contribution >= 4 is 41.0 Å². The van der Waals surface area contributed by atoms with Crippen molar-refractivity contribution in [2.45, 2.75) is 41.7 Å². The normalized spacial score (nSPS) is 15.5. The van der Waals surface area contributed by atoms with E-state index in [0.29, 0.717) is 35.1 Å². The first-order valence-corrected chi connectivity index (χ1v) is 11.2. The van der Waals surface area contributed by atoms with Crippen LogP contribution in [0.25, 0.3) is 0 Å². The van der Waals surface area contributed by atoms with Gasteiger partial charge in [-0.2, -0.15) is 0 Å². The van der Waals surface area contributed by atoms with Gasteiger partial charge < -0.3 is 10.1 Å². The fraction of sp³-hybridized carbons (Fsp3) is 0.421. The number of amides is 1. The molecule has 2 heterocycles. The van der Waals surface area contributed by atoms with Crippen LogP contribution in [0.5, 0.6) is 0 Å². The molecule has 1 unspecified atom stereocenters. The number of fused-ring (bicyclic) bond motifs is 1. The molecule has 2 aromatic rings. The van der Waals surface area contributed by atoms with Crippen LogP contribution in [0.15, 0.2) is 39.1 Å². The number of rotatable bonds is 8. The number of hydrogen-bond donors (Lipinski definition) is 1. The number of hydrogen-bond acceptors (Lipinski definition) is 6. The van der Waals surface area contributed by atoms with E-state index in [1.165, 1.54) is 11.8 Å². The Kier molecular flexibility index (Phi) is 7.45. The fourth-order valence-corrected chi connectivity index (χ4v) is 5.03. The van der Waals surface area contributed by atoms with Gasteiger partial charge in [0.05, 0.1) is 29.5 Å². The van der Waals surface area contributed by atoms with Crippen molar-refractivity contribution < 1.29 is 9.53 Å². The Hall–Kier alpha value is -1.48. The van der Waals surface area contributed by atoms with Crippen LogP contribution in [-0.4, -0.2) is 40.2 Å². The zero-order valence-corrected chi connectivity index (χ0v) is 18.1. The summed E-state index contributed by atoms with van der Waals surface area (Å²) in [6, 6.07) is 7.39. The first-order chi connectivity index (χ1) is 13.5. The standard InChI is InChI=1S/C19H22ClN3O3S2/c1-12-9-15-17(28-12)18(25)23(7-8-26-2)19(22-15)27-11-16(24)21-10-13-5-3-4-6-14(13)20/h3-6,12H,7-11H2,1-2H3,(H,21,24). The molecule has 0 saturated carbocycles. The molecule has 1 aliphatic heterocycles. The molecular formula is C19H22ClN3O3S2. The number of carbonyl (C=O) groups excluding carboxylic acids is 1. The summed E-state index contributed by atoms with van der Waals surface area (Å²) in [6.07, 6.45) is 0.770. The van der Waals surface area contributed by atoms with Crippen molar-refractivity contribution in [3.8, 4) is 0 Å². The summed E-state index contributed by atoms with van der Waals surface area (Å²) in [4.78, 5) is 30.5. The molecule has 28 heavy (non-hydrogen) atoms. The van der Waals surface area contributed by atoms with Crippen molar-refractivity contribution in [1.82, 2.24) is 14.9 Å². The lowest BCUT2D eigenvalue weighted by molar-refractivity contribution is -0.118. The van der Waals surface area contributed by atoms with E-state index in [1.54, 1.807) is 29.5 Å². The molecule has 0 fully saturated rings. The Labute approximate surface area is 177 Å². The monoisotopic (exact) mass is 439 g/mol. The number of aromatic nitrogens is 2. The van der Waals surface area contributed by atoms with Crippen LogP contribution in [0.4, 0.5) is 0 Å². The molecule has 0 aliphatic carbocycles. The third kappa shape index (κ3) is 5.11. The van der Waals surface area contributed by atoms with Gasteiger partial charge in [-0.15, -0.1) is 11.8 Å². The molecule has 1 aromatic carbocycles. The van der Waals surface area contributed by atoms with Gasteiger partial charge in [-0.1, -0.05) is 48.5 Å². The summed E-state index contributed by atoms with van der Waals surface area (Å²) >= 11 is 8.95. The molecule has 0 saturated heterocycles. The van der Waals surface area contributed by atoms with Gasteiger partial charge in [-0.3, -0.25) is 14.2 Å². The summed E-state index contributed by atoms with van der Waals surface area (Å²) in [7, 11) is 1.59. The first kappa shape index (κ1) is 21.2. The predicted molar refractivity (Wildman–Crippen MR) is 113 cm³/mol. The van der Waals surface area contributed by atoms with E-state index in [-0.39, 0.29) is 17.2 Å². The van der Waals surface area contributed by atoms with Crippen molar-refractivity contribution in [3.05, 3.63) is 50.9 Å². The van der Waals surface area contributed by atoms with Gasteiger partial charge in [0, 0.05) is 30.3 Å². The quantitative estimate of drug-likeness (QED) is 0.503. The summed E-state index contributed by atoms with van der Waals surface area (Å²) < 4.78 is 6.74. The van der Waals surface area contributed by atoms with Gasteiger partial charge in [0.25, 0.3) is 5.56 Å². The van der Waals surface area contributed by atoms with Crippen molar-refractivity contribution in [3.63, 3.8) is 0 Å². The Morgan fingerprint density at radius 2 is 2.25 bits per heavy atom. The van der Waals surface area contributed by atoms with E-state index in [9.17, 15) is 9.59 Å². The molecule has 9 heteroatoms. The maximum absolute atomic E-state index is 12.8. The Balaban J connectivity index is 1.68. The number of nitrogens with zero attached hydrogens (tertiary/aromatic N) is 2. The fourth-order valence-electron chi connectivity index (χ4n) is 2.84. The van der Waals surface area contributed by atoms with Crippen LogP contribution < -0.4 is 10.9 Å². The Morgan fingerprint density at radius 1 is 1.46 bits per heavy atom. The van der Waals surface area contributed by atoms with Crippen LogP contribution in [0.2, 0.25) is 5.02 Å². The summed E-state index contributed by atoms with van der Waals surface area (Å²) in [5.74, 6) is 0.0337. The zero-order valence-electron chi connectivity index (χ0n) is 15.7. The number of thioether (sulfide) groups is 2. The molecule has 1 N–H and O–H groups in total. The summed E-state index contributed by atoms with van der Waals surface area (Å²) in [5.41, 5.74) is 1.65. The summed E-state index contributed by atoms with van der Waals surface area (Å²) in [5, 5.41) is 4.38. The predicted octanol–water partition coefficient (Wildman–Crippen LogP) is 2.99. The third-order valence-corrected chi connectivity index (χ3v) is 6.81. The average Bonchev–Trinajstić information content (AvgIpc) is 3.05. The van der Waals surface area contributed by atoms with Gasteiger partial charge in [-0.25, -0.2) is 4.98 Å². The molecule has 1 atom stereocenters. The SMILES string of the molecule is COCCn1c(SCC(=O)NCc2ccccc2Cl)nc2c(c1=O)SC(C)C2. The highest BCUT2D eigenvalue weighted by Crippen LogP contribution is 2.34. The minimum absolute atomic E-state index is 0.0459. The molecule has 0 bridgehead atoms. The first-order valence-electron chi connectivity index (χ1n) is 8.91. The molecule has 1 aromatic heterocycles. The lowest BCUT2D eigenvalue weighted by Crippen LogP contribution is -2.28. The number of carbonyl (C=O) groups is 1. The number of ether oxygens (including phenoxy) is 1. The van der Waals surface area contributed by atoms with Crippen molar-refractivity contribution in [2.24, 2.45) is 0 Å². The highest BCUT2D eigenvalue weighted by atomic mass is 35.5. The molecule has 1 amide bonds. The number of nitrogens with one attached hydrogen (secondary N) is 1. The van der Waals surface area contributed by atoms with E-state index in [0.717, 1.165) is 22.6 Å². The van der Waals surface area contributed by atoms with E-state index < -0.39 is 0 Å². The third-order valence-electron chi connectivity index (χ3n) is 4.25. The maximum Gasteiger partial charge on any atom is 0.268 e. The average molecular weight is 440 g/mol. The molecule has 6 nitrogen and oxygen atoms in total. The number of benzene rings is 1. The van der Waals surface area contributed by atoms with Gasteiger partial charge >= 0.3 is 0 Å². The molecule has 150 valence electrons. The Morgan fingerprint density at radius 3 is 3.00 bits per heavy atom. The van der Waals surface area contributed by atoms with Gasteiger partial charge in [0.2, 0.25) is 5.91 Å². The van der Waals surface area contributed by atoms with Crippen molar-refractivity contribution in [1.29, 1.82) is 0 Å². The van der Waals surface area contributed by atoms with Crippen molar-refractivity contribution in [2.75, 3.05) is 19.5 Å². The molecule has 0 spiro atoms. The summed E-state index contributed by atoms with van der Waals surface area (Å²) in [6.45, 7) is 3.27. The van der Waals surface area contributed by atoms with E-state index >= 15 is 0 Å². The lowest BCUT2D eigenvalue weighted by Gasteiger charge is -2.13. The largest absolute Gasteiger partial charge is 0.383 e. The van der Waals surface area contributed by atoms with E-state index in [2.05, 4.69) is 17.2 Å². The molecular weight excluding hydrogens is 418 g/mol. The Bertz CT molecular complexity index is 920. The molecule has 0 radical (unpaired) electrons. The van der Waals surface area contributed by atoms with Gasteiger partial charge in [0.1, 0.15) is 0 Å². The maximum atomic E-state index is 12.8. The van der Waals surface area contributed by atoms with Crippen LogP contribution >= 0.6 is 35.1 Å². The van der Waals surface area contributed by atoms with E-state index in [4.69, 9.17) is 16.3 Å². The van der Waals surface area contributed by atoms with Crippen LogP contribution in [0.3, 0.4) is 0 Å². The zero-order chi connectivity index (χ0) is 20.1. The second-order valence-electron chi connectivity index (χ2n) is 6.41. The molecule has 1 aliphatic rings. The van der Waals surface area contributed by atoms with Gasteiger partial charge in [-0.05, 0) is 11.6 Å². The lowest BCUT2D eigenvalue weighted by atomic mass is 10.2. The highest BCUT2D eigenvalue weighted by molar-refractivity contribution is 8.00. The minimum atomic E-state index is -0.138. The van der Waals surface area contributed by atoms with Crippen LogP contribution in [0.1, 0.15) is 18.2 Å². The van der Waals surface area contributed by atoms with Crippen LogP contribution in [-0.2, 0) is 29.0 Å². The minimum Gasteiger partial charge on any atom is -0.383 e. The second-order valence-corrected chi connectivity index (χ2v) is 9.21.